The monoisotopic (exact) mass is 445 g/mol. The molecule has 0 saturated carbocycles. The fourth-order valence-electron chi connectivity index (χ4n) is 4.33. The van der Waals surface area contributed by atoms with Crippen molar-refractivity contribution in [1.82, 2.24) is 19.4 Å². The van der Waals surface area contributed by atoms with Crippen molar-refractivity contribution in [2.45, 2.75) is 26.4 Å². The maximum absolute atomic E-state index is 13.8. The zero-order valence-corrected chi connectivity index (χ0v) is 19.4. The van der Waals surface area contributed by atoms with E-state index >= 15 is 0 Å². The van der Waals surface area contributed by atoms with Gasteiger partial charge in [-0.15, -0.1) is 0 Å². The van der Waals surface area contributed by atoms with Crippen molar-refractivity contribution in [3.05, 3.63) is 83.9 Å². The third-order valence-electron chi connectivity index (χ3n) is 6.14. The number of anilines is 1. The average Bonchev–Trinajstić information content (AvgIpc) is 3.31. The van der Waals surface area contributed by atoms with E-state index in [-0.39, 0.29) is 11.8 Å². The van der Waals surface area contributed by atoms with Crippen LogP contribution in [0.3, 0.4) is 0 Å². The lowest BCUT2D eigenvalue weighted by molar-refractivity contribution is -0.116. The molecule has 0 aliphatic carbocycles. The lowest BCUT2D eigenvalue weighted by Crippen LogP contribution is -2.37. The van der Waals surface area contributed by atoms with E-state index in [1.165, 1.54) is 0 Å². The summed E-state index contributed by atoms with van der Waals surface area (Å²) < 4.78 is 1.97. The Morgan fingerprint density at radius 1 is 0.970 bits per heavy atom. The number of carbonyl (C=O) groups is 2. The second-order valence-corrected chi connectivity index (χ2v) is 8.58. The van der Waals surface area contributed by atoms with E-state index in [0.29, 0.717) is 31.7 Å². The number of fused-ring (bicyclic) bond motifs is 1. The maximum atomic E-state index is 13.8. The SMILES string of the molecule is CC(=O)N1CCCN(C)CCN(C(=O)c2ccccc2Cn2ccnc2)Cc2ccccc21. The minimum atomic E-state index is 0.00235. The minimum Gasteiger partial charge on any atom is -0.333 e. The maximum Gasteiger partial charge on any atom is 0.254 e. The van der Waals surface area contributed by atoms with Crippen molar-refractivity contribution in [2.75, 3.05) is 38.1 Å². The number of rotatable bonds is 3. The highest BCUT2D eigenvalue weighted by molar-refractivity contribution is 5.96. The van der Waals surface area contributed by atoms with Gasteiger partial charge in [-0.05, 0) is 43.3 Å². The molecule has 3 aromatic rings. The predicted octanol–water partition coefficient (Wildman–Crippen LogP) is 3.26. The average molecular weight is 446 g/mol. The number of imidazole rings is 1. The van der Waals surface area contributed by atoms with E-state index < -0.39 is 0 Å². The van der Waals surface area contributed by atoms with Crippen LogP contribution in [-0.4, -0.2) is 64.4 Å². The smallest absolute Gasteiger partial charge is 0.254 e. The van der Waals surface area contributed by atoms with Gasteiger partial charge in [0.05, 0.1) is 6.33 Å². The van der Waals surface area contributed by atoms with Crippen molar-refractivity contribution in [3.8, 4) is 0 Å². The number of carbonyl (C=O) groups excluding carboxylic acids is 2. The fourth-order valence-corrected chi connectivity index (χ4v) is 4.33. The Morgan fingerprint density at radius 3 is 2.55 bits per heavy atom. The van der Waals surface area contributed by atoms with Crippen LogP contribution < -0.4 is 4.90 Å². The topological polar surface area (TPSA) is 61.7 Å². The second kappa shape index (κ2) is 10.4. The Bertz CT molecular complexity index is 1100. The second-order valence-electron chi connectivity index (χ2n) is 8.58. The quantitative estimate of drug-likeness (QED) is 0.621. The van der Waals surface area contributed by atoms with Gasteiger partial charge in [-0.1, -0.05) is 36.4 Å². The van der Waals surface area contributed by atoms with Gasteiger partial charge in [-0.2, -0.15) is 0 Å². The van der Waals surface area contributed by atoms with Crippen molar-refractivity contribution >= 4 is 17.5 Å². The lowest BCUT2D eigenvalue weighted by Gasteiger charge is -2.28. The van der Waals surface area contributed by atoms with Gasteiger partial charge in [0.25, 0.3) is 5.91 Å². The Balaban J connectivity index is 1.68. The molecule has 0 atom stereocenters. The van der Waals surface area contributed by atoms with Crippen molar-refractivity contribution < 1.29 is 9.59 Å². The van der Waals surface area contributed by atoms with Gasteiger partial charge in [0.1, 0.15) is 0 Å². The van der Waals surface area contributed by atoms with Gasteiger partial charge in [0, 0.05) is 63.3 Å². The fraction of sp³-hybridized carbons (Fsp3) is 0.346. The standard InChI is InChI=1S/C26H31N5O2/c1-21(32)31-14-7-13-28(2)16-17-30(19-23-9-4-6-11-25(23)31)26(33)24-10-5-3-8-22(24)18-29-15-12-27-20-29/h3-6,8-12,15,20H,7,13-14,16-19H2,1-2H3. The number of likely N-dealkylation sites (N-methyl/N-ethyl adjacent to an activating group) is 1. The molecular weight excluding hydrogens is 414 g/mol. The third-order valence-corrected chi connectivity index (χ3v) is 6.14. The zero-order chi connectivity index (χ0) is 23.2. The Morgan fingerprint density at radius 2 is 1.76 bits per heavy atom. The number of benzene rings is 2. The van der Waals surface area contributed by atoms with Gasteiger partial charge in [0.2, 0.25) is 5.91 Å². The Labute approximate surface area is 195 Å². The number of aromatic nitrogens is 2. The number of hydrogen-bond donors (Lipinski definition) is 0. The molecular formula is C26H31N5O2. The number of para-hydroxylation sites is 1. The molecule has 1 aliphatic heterocycles. The van der Waals surface area contributed by atoms with Gasteiger partial charge in [0.15, 0.2) is 0 Å². The first-order valence-corrected chi connectivity index (χ1v) is 11.4. The van der Waals surface area contributed by atoms with Crippen molar-refractivity contribution in [1.29, 1.82) is 0 Å². The molecule has 0 bridgehead atoms. The molecule has 2 aromatic carbocycles. The van der Waals surface area contributed by atoms with Crippen molar-refractivity contribution in [2.24, 2.45) is 0 Å². The van der Waals surface area contributed by atoms with Crippen LogP contribution in [0.4, 0.5) is 5.69 Å². The summed E-state index contributed by atoms with van der Waals surface area (Å²) in [6.45, 7) is 5.57. The van der Waals surface area contributed by atoms with E-state index in [1.54, 1.807) is 19.4 Å². The summed E-state index contributed by atoms with van der Waals surface area (Å²) >= 11 is 0. The summed E-state index contributed by atoms with van der Waals surface area (Å²) in [6.07, 6.45) is 6.28. The zero-order valence-electron chi connectivity index (χ0n) is 19.4. The normalized spacial score (nSPS) is 15.6. The molecule has 0 saturated heterocycles. The molecule has 0 spiro atoms. The molecule has 4 rings (SSSR count). The molecule has 7 heteroatoms. The first kappa shape index (κ1) is 22.7. The van der Waals surface area contributed by atoms with E-state index in [9.17, 15) is 9.59 Å². The summed E-state index contributed by atoms with van der Waals surface area (Å²) in [5.74, 6) is 0.0236. The number of amides is 2. The summed E-state index contributed by atoms with van der Waals surface area (Å²) in [4.78, 5) is 36.4. The molecule has 1 aliphatic rings. The van der Waals surface area contributed by atoms with Crippen LogP contribution in [0.25, 0.3) is 0 Å². The molecule has 0 fully saturated rings. The van der Waals surface area contributed by atoms with Crippen LogP contribution in [0.5, 0.6) is 0 Å². The highest BCUT2D eigenvalue weighted by Crippen LogP contribution is 2.25. The molecule has 2 heterocycles. The molecule has 33 heavy (non-hydrogen) atoms. The summed E-state index contributed by atoms with van der Waals surface area (Å²) in [6, 6.07) is 15.7. The summed E-state index contributed by atoms with van der Waals surface area (Å²) in [7, 11) is 2.07. The molecule has 7 nitrogen and oxygen atoms in total. The lowest BCUT2D eigenvalue weighted by atomic mass is 10.0. The van der Waals surface area contributed by atoms with Crippen LogP contribution >= 0.6 is 0 Å². The Hall–Kier alpha value is -3.45. The van der Waals surface area contributed by atoms with Crippen LogP contribution in [0.2, 0.25) is 0 Å². The molecule has 0 radical (unpaired) electrons. The van der Waals surface area contributed by atoms with Crippen LogP contribution in [0.1, 0.15) is 34.8 Å². The van der Waals surface area contributed by atoms with Gasteiger partial charge in [-0.3, -0.25) is 9.59 Å². The molecule has 2 amide bonds. The summed E-state index contributed by atoms with van der Waals surface area (Å²) in [5, 5.41) is 0. The van der Waals surface area contributed by atoms with Crippen LogP contribution in [0, 0.1) is 0 Å². The summed E-state index contributed by atoms with van der Waals surface area (Å²) in [5.41, 5.74) is 3.53. The van der Waals surface area contributed by atoms with Crippen LogP contribution in [0.15, 0.2) is 67.3 Å². The highest BCUT2D eigenvalue weighted by Gasteiger charge is 2.23. The molecule has 0 N–H and O–H groups in total. The molecule has 1 aromatic heterocycles. The minimum absolute atomic E-state index is 0.00235. The molecule has 0 unspecified atom stereocenters. The third kappa shape index (κ3) is 5.49. The largest absolute Gasteiger partial charge is 0.333 e. The highest BCUT2D eigenvalue weighted by atomic mass is 16.2. The van der Waals surface area contributed by atoms with E-state index in [4.69, 9.17) is 0 Å². The molecule has 172 valence electrons. The van der Waals surface area contributed by atoms with E-state index in [2.05, 4.69) is 16.9 Å². The van der Waals surface area contributed by atoms with Gasteiger partial charge in [-0.25, -0.2) is 4.98 Å². The van der Waals surface area contributed by atoms with Crippen molar-refractivity contribution in [3.63, 3.8) is 0 Å². The first-order chi connectivity index (χ1) is 16.0. The predicted molar refractivity (Wildman–Crippen MR) is 129 cm³/mol. The van der Waals surface area contributed by atoms with Gasteiger partial charge < -0.3 is 19.3 Å². The van der Waals surface area contributed by atoms with Crippen LogP contribution in [-0.2, 0) is 17.9 Å². The van der Waals surface area contributed by atoms with E-state index in [1.807, 2.05) is 69.1 Å². The number of hydrogen-bond acceptors (Lipinski definition) is 4. The van der Waals surface area contributed by atoms with Gasteiger partial charge >= 0.3 is 0 Å². The number of nitrogens with zero attached hydrogens (tertiary/aromatic N) is 5. The van der Waals surface area contributed by atoms with E-state index in [0.717, 1.165) is 36.3 Å². The Kier molecular flexibility index (Phi) is 7.19. The first-order valence-electron chi connectivity index (χ1n) is 11.4.